The Morgan fingerprint density at radius 3 is 1.64 bits per heavy atom. The van der Waals surface area contributed by atoms with Crippen molar-refractivity contribution in [2.75, 3.05) is 23.0 Å². The van der Waals surface area contributed by atoms with Crippen LogP contribution in [0, 0.1) is 11.8 Å². The highest BCUT2D eigenvalue weighted by Gasteiger charge is 1.80. The summed E-state index contributed by atoms with van der Waals surface area (Å²) >= 11 is 3.72. The van der Waals surface area contributed by atoms with Crippen LogP contribution in [0.3, 0.4) is 0 Å². The van der Waals surface area contributed by atoms with Crippen molar-refractivity contribution < 1.29 is 0 Å². The second-order valence-electron chi connectivity index (χ2n) is 2.52. The van der Waals surface area contributed by atoms with Gasteiger partial charge in [-0.05, 0) is 13.8 Å². The van der Waals surface area contributed by atoms with Crippen molar-refractivity contribution in [1.29, 1.82) is 0 Å². The van der Waals surface area contributed by atoms with Crippen molar-refractivity contribution in [3.63, 3.8) is 0 Å². The molecule has 2 heteroatoms. The minimum absolute atomic E-state index is 0.953. The number of allylic oxidation sites excluding steroid dienone is 2. The fourth-order valence-corrected chi connectivity index (χ4v) is 1.95. The van der Waals surface area contributed by atoms with Gasteiger partial charge in [0, 0.05) is 11.5 Å². The molecule has 14 heavy (non-hydrogen) atoms. The second kappa shape index (κ2) is 12.7. The van der Waals surface area contributed by atoms with Gasteiger partial charge in [-0.15, -0.1) is 23.5 Å². The zero-order valence-electron chi connectivity index (χ0n) is 8.95. The van der Waals surface area contributed by atoms with E-state index in [1.54, 1.807) is 0 Å². The lowest BCUT2D eigenvalue weighted by molar-refractivity contribution is 1.64. The van der Waals surface area contributed by atoms with Crippen molar-refractivity contribution in [2.24, 2.45) is 0 Å². The standard InChI is InChI=1S/C12H18S2/c1-3-5-9-13-11-7-8-12-14-10-6-4-2/h3-6H,9-12H2,1-2H3. The first-order chi connectivity index (χ1) is 6.91. The Balaban J connectivity index is 3.18. The maximum absolute atomic E-state index is 3.16. The summed E-state index contributed by atoms with van der Waals surface area (Å²) in [5.74, 6) is 10.4. The van der Waals surface area contributed by atoms with Gasteiger partial charge in [-0.3, -0.25) is 0 Å². The summed E-state index contributed by atoms with van der Waals surface area (Å²) in [5, 5.41) is 0. The minimum atomic E-state index is 0.953. The molecule has 0 fully saturated rings. The summed E-state index contributed by atoms with van der Waals surface area (Å²) in [7, 11) is 0. The summed E-state index contributed by atoms with van der Waals surface area (Å²) in [6, 6.07) is 0. The van der Waals surface area contributed by atoms with Crippen LogP contribution in [-0.2, 0) is 0 Å². The Morgan fingerprint density at radius 2 is 1.29 bits per heavy atom. The van der Waals surface area contributed by atoms with E-state index in [1.807, 2.05) is 37.4 Å². The molecule has 0 unspecified atom stereocenters. The number of hydrogen-bond acceptors (Lipinski definition) is 2. The molecule has 78 valence electrons. The molecular formula is C12H18S2. The lowest BCUT2D eigenvalue weighted by Crippen LogP contribution is -1.77. The highest BCUT2D eigenvalue weighted by Crippen LogP contribution is 2.00. The van der Waals surface area contributed by atoms with Crippen molar-refractivity contribution in [2.45, 2.75) is 13.8 Å². The molecule has 0 amide bonds. The van der Waals surface area contributed by atoms with Crippen LogP contribution in [0.1, 0.15) is 13.8 Å². The summed E-state index contributed by atoms with van der Waals surface area (Å²) in [6.45, 7) is 4.09. The molecule has 0 aromatic carbocycles. The average Bonchev–Trinajstić information content (AvgIpc) is 2.21. The summed E-state index contributed by atoms with van der Waals surface area (Å²) in [4.78, 5) is 0. The molecule has 0 saturated heterocycles. The summed E-state index contributed by atoms with van der Waals surface area (Å²) < 4.78 is 0. The number of rotatable bonds is 6. The quantitative estimate of drug-likeness (QED) is 0.385. The van der Waals surface area contributed by atoms with Crippen LogP contribution in [-0.4, -0.2) is 23.0 Å². The summed E-state index contributed by atoms with van der Waals surface area (Å²) in [5.41, 5.74) is 0. The van der Waals surface area contributed by atoms with E-state index in [4.69, 9.17) is 0 Å². The molecule has 0 aliphatic rings. The van der Waals surface area contributed by atoms with Crippen LogP contribution in [0.4, 0.5) is 0 Å². The lowest BCUT2D eigenvalue weighted by atomic mass is 10.6. The van der Waals surface area contributed by atoms with E-state index < -0.39 is 0 Å². The highest BCUT2D eigenvalue weighted by atomic mass is 32.2. The monoisotopic (exact) mass is 226 g/mol. The predicted molar refractivity (Wildman–Crippen MR) is 72.1 cm³/mol. The molecule has 0 spiro atoms. The molecular weight excluding hydrogens is 208 g/mol. The highest BCUT2D eigenvalue weighted by molar-refractivity contribution is 7.99. The number of thioether (sulfide) groups is 2. The van der Waals surface area contributed by atoms with Crippen LogP contribution < -0.4 is 0 Å². The topological polar surface area (TPSA) is 0 Å². The first-order valence-corrected chi connectivity index (χ1v) is 7.06. The van der Waals surface area contributed by atoms with Gasteiger partial charge in [-0.2, -0.15) is 0 Å². The molecule has 0 N–H and O–H groups in total. The fraction of sp³-hybridized carbons (Fsp3) is 0.500. The van der Waals surface area contributed by atoms with Crippen molar-refractivity contribution in [1.82, 2.24) is 0 Å². The molecule has 0 aliphatic heterocycles. The summed E-state index contributed by atoms with van der Waals surface area (Å²) in [6.07, 6.45) is 8.47. The molecule has 0 aromatic rings. The molecule has 0 aliphatic carbocycles. The maximum Gasteiger partial charge on any atom is 0.0550 e. The van der Waals surface area contributed by atoms with E-state index >= 15 is 0 Å². The molecule has 0 saturated carbocycles. The van der Waals surface area contributed by atoms with Gasteiger partial charge in [0.2, 0.25) is 0 Å². The molecule has 0 rings (SSSR count). The Kier molecular flexibility index (Phi) is 12.5. The molecule has 0 bridgehead atoms. The third-order valence-corrected chi connectivity index (χ3v) is 2.93. The van der Waals surface area contributed by atoms with Gasteiger partial charge in [-0.25, -0.2) is 0 Å². The molecule has 0 aromatic heterocycles. The van der Waals surface area contributed by atoms with Crippen LogP contribution in [0.15, 0.2) is 24.3 Å². The Morgan fingerprint density at radius 1 is 0.857 bits per heavy atom. The Bertz CT molecular complexity index is 196. The second-order valence-corrected chi connectivity index (χ2v) is 4.58. The van der Waals surface area contributed by atoms with E-state index in [0.717, 1.165) is 23.0 Å². The van der Waals surface area contributed by atoms with Crippen molar-refractivity contribution in [3.8, 4) is 11.8 Å². The third kappa shape index (κ3) is 11.7. The normalized spacial score (nSPS) is 10.7. The Hall–Kier alpha value is -0.260. The van der Waals surface area contributed by atoms with E-state index in [1.165, 1.54) is 0 Å². The van der Waals surface area contributed by atoms with E-state index in [0.29, 0.717) is 0 Å². The largest absolute Gasteiger partial charge is 0.145 e. The van der Waals surface area contributed by atoms with Gasteiger partial charge in [0.15, 0.2) is 0 Å². The SMILES string of the molecule is CC=CCSCC#CCSCC=CC. The van der Waals surface area contributed by atoms with Gasteiger partial charge >= 0.3 is 0 Å². The van der Waals surface area contributed by atoms with Crippen LogP contribution in [0.5, 0.6) is 0 Å². The zero-order valence-corrected chi connectivity index (χ0v) is 10.6. The first-order valence-electron chi connectivity index (χ1n) is 4.75. The van der Waals surface area contributed by atoms with Crippen molar-refractivity contribution >= 4 is 23.5 Å². The van der Waals surface area contributed by atoms with Crippen molar-refractivity contribution in [3.05, 3.63) is 24.3 Å². The number of hydrogen-bond donors (Lipinski definition) is 0. The minimum Gasteiger partial charge on any atom is -0.145 e. The molecule has 0 atom stereocenters. The van der Waals surface area contributed by atoms with Gasteiger partial charge in [0.05, 0.1) is 11.5 Å². The molecule has 0 nitrogen and oxygen atoms in total. The van der Waals surface area contributed by atoms with Gasteiger partial charge in [0.1, 0.15) is 0 Å². The van der Waals surface area contributed by atoms with Crippen LogP contribution >= 0.6 is 23.5 Å². The van der Waals surface area contributed by atoms with Gasteiger partial charge < -0.3 is 0 Å². The van der Waals surface area contributed by atoms with Gasteiger partial charge in [-0.1, -0.05) is 36.1 Å². The fourth-order valence-electron chi connectivity index (χ4n) is 0.651. The lowest BCUT2D eigenvalue weighted by Gasteiger charge is -1.88. The average molecular weight is 226 g/mol. The third-order valence-electron chi connectivity index (χ3n) is 1.37. The van der Waals surface area contributed by atoms with Crippen LogP contribution in [0.25, 0.3) is 0 Å². The zero-order chi connectivity index (χ0) is 10.5. The Labute approximate surface area is 96.6 Å². The van der Waals surface area contributed by atoms with E-state index in [2.05, 4.69) is 36.1 Å². The molecule has 0 radical (unpaired) electrons. The molecule has 0 heterocycles. The smallest absolute Gasteiger partial charge is 0.0550 e. The van der Waals surface area contributed by atoms with E-state index in [9.17, 15) is 0 Å². The van der Waals surface area contributed by atoms with E-state index in [-0.39, 0.29) is 0 Å². The van der Waals surface area contributed by atoms with Gasteiger partial charge in [0.25, 0.3) is 0 Å². The first kappa shape index (κ1) is 13.7. The predicted octanol–water partition coefficient (Wildman–Crippen LogP) is 3.61. The van der Waals surface area contributed by atoms with Crippen LogP contribution in [0.2, 0.25) is 0 Å². The maximum atomic E-state index is 3.16.